The summed E-state index contributed by atoms with van der Waals surface area (Å²) in [4.78, 5) is 0. The Morgan fingerprint density at radius 2 is 2.11 bits per heavy atom. The quantitative estimate of drug-likeness (QED) is 0.529. The lowest BCUT2D eigenvalue weighted by Gasteiger charge is -1.96. The third-order valence-corrected chi connectivity index (χ3v) is 0.967. The van der Waals surface area contributed by atoms with E-state index in [9.17, 15) is 0 Å². The average Bonchev–Trinajstić information content (AvgIpc) is 1.80. The van der Waals surface area contributed by atoms with E-state index in [1.165, 1.54) is 0 Å². The lowest BCUT2D eigenvalue weighted by atomic mass is 10.1. The summed E-state index contributed by atoms with van der Waals surface area (Å²) >= 11 is 0. The molecule has 0 bridgehead atoms. The Labute approximate surface area is 57.7 Å². The van der Waals surface area contributed by atoms with Crippen LogP contribution in [0.15, 0.2) is 12.3 Å². The second kappa shape index (κ2) is 5.67. The number of hydrogen-bond acceptors (Lipinski definition) is 1. The van der Waals surface area contributed by atoms with E-state index in [-0.39, 0.29) is 0 Å². The van der Waals surface area contributed by atoms with Crippen molar-refractivity contribution < 1.29 is 4.74 Å². The Balaban J connectivity index is 3.04. The Hall–Kier alpha value is -0.460. The standard InChI is InChI=1S/C8H16O/c1-4-9-7-5-6-8(2)3/h5,7-8H,4,6H2,1-3H3/b7-5-. The van der Waals surface area contributed by atoms with Crippen LogP contribution in [0.25, 0.3) is 0 Å². The van der Waals surface area contributed by atoms with Crippen molar-refractivity contribution in [1.82, 2.24) is 0 Å². The van der Waals surface area contributed by atoms with Gasteiger partial charge in [-0.25, -0.2) is 0 Å². The summed E-state index contributed by atoms with van der Waals surface area (Å²) in [6, 6.07) is 0. The fourth-order valence-corrected chi connectivity index (χ4v) is 0.492. The molecule has 0 aliphatic carbocycles. The molecule has 0 aliphatic heterocycles. The van der Waals surface area contributed by atoms with Crippen LogP contribution in [0.1, 0.15) is 27.2 Å². The van der Waals surface area contributed by atoms with Gasteiger partial charge in [-0.3, -0.25) is 0 Å². The van der Waals surface area contributed by atoms with Crippen LogP contribution in [0.2, 0.25) is 0 Å². The maximum Gasteiger partial charge on any atom is 0.0845 e. The first-order valence-corrected chi connectivity index (χ1v) is 3.54. The van der Waals surface area contributed by atoms with E-state index in [2.05, 4.69) is 19.9 Å². The fraction of sp³-hybridized carbons (Fsp3) is 0.750. The van der Waals surface area contributed by atoms with E-state index in [1.807, 2.05) is 6.92 Å². The van der Waals surface area contributed by atoms with Gasteiger partial charge in [0.1, 0.15) is 0 Å². The molecule has 0 aliphatic rings. The van der Waals surface area contributed by atoms with Gasteiger partial charge in [0.05, 0.1) is 12.9 Å². The number of ether oxygens (including phenoxy) is 1. The summed E-state index contributed by atoms with van der Waals surface area (Å²) in [5, 5.41) is 0. The minimum atomic E-state index is 0.738. The molecule has 1 heteroatoms. The molecule has 0 heterocycles. The molecule has 1 nitrogen and oxygen atoms in total. The van der Waals surface area contributed by atoms with Crippen molar-refractivity contribution >= 4 is 0 Å². The van der Waals surface area contributed by atoms with Crippen molar-refractivity contribution in [2.75, 3.05) is 6.61 Å². The van der Waals surface area contributed by atoms with Crippen LogP contribution in [-0.2, 0) is 4.74 Å². The van der Waals surface area contributed by atoms with Crippen LogP contribution in [0.3, 0.4) is 0 Å². The van der Waals surface area contributed by atoms with E-state index in [4.69, 9.17) is 4.74 Å². The zero-order valence-electron chi connectivity index (χ0n) is 6.55. The van der Waals surface area contributed by atoms with Gasteiger partial charge in [-0.15, -0.1) is 0 Å². The largest absolute Gasteiger partial charge is 0.502 e. The maximum atomic E-state index is 5.00. The van der Waals surface area contributed by atoms with Gasteiger partial charge in [-0.1, -0.05) is 13.8 Å². The molecule has 0 fully saturated rings. The molecule has 0 saturated carbocycles. The molecule has 0 aromatic rings. The summed E-state index contributed by atoms with van der Waals surface area (Å²) in [7, 11) is 0. The third-order valence-electron chi connectivity index (χ3n) is 0.967. The summed E-state index contributed by atoms with van der Waals surface area (Å²) in [5.74, 6) is 0.738. The van der Waals surface area contributed by atoms with Crippen molar-refractivity contribution in [3.63, 3.8) is 0 Å². The molecule has 0 aromatic carbocycles. The van der Waals surface area contributed by atoms with Gasteiger partial charge in [-0.05, 0) is 25.3 Å². The molecule has 0 N–H and O–H groups in total. The Morgan fingerprint density at radius 3 is 2.56 bits per heavy atom. The first kappa shape index (κ1) is 8.54. The summed E-state index contributed by atoms with van der Waals surface area (Å²) in [5.41, 5.74) is 0. The van der Waals surface area contributed by atoms with E-state index >= 15 is 0 Å². The minimum absolute atomic E-state index is 0.738. The van der Waals surface area contributed by atoms with Crippen molar-refractivity contribution in [3.05, 3.63) is 12.3 Å². The zero-order chi connectivity index (χ0) is 7.11. The molecule has 0 radical (unpaired) electrons. The van der Waals surface area contributed by atoms with Gasteiger partial charge in [0.25, 0.3) is 0 Å². The molecular weight excluding hydrogens is 112 g/mol. The normalized spacial score (nSPS) is 11.1. The van der Waals surface area contributed by atoms with Crippen LogP contribution in [0.5, 0.6) is 0 Å². The van der Waals surface area contributed by atoms with Crippen molar-refractivity contribution in [2.24, 2.45) is 5.92 Å². The van der Waals surface area contributed by atoms with Crippen LogP contribution in [-0.4, -0.2) is 6.61 Å². The number of allylic oxidation sites excluding steroid dienone is 1. The van der Waals surface area contributed by atoms with Crippen molar-refractivity contribution in [1.29, 1.82) is 0 Å². The van der Waals surface area contributed by atoms with E-state index in [1.54, 1.807) is 6.26 Å². The average molecular weight is 128 g/mol. The second-order valence-electron chi connectivity index (χ2n) is 2.46. The van der Waals surface area contributed by atoms with Crippen LogP contribution in [0.4, 0.5) is 0 Å². The van der Waals surface area contributed by atoms with Gasteiger partial charge in [0.2, 0.25) is 0 Å². The molecule has 54 valence electrons. The lowest BCUT2D eigenvalue weighted by molar-refractivity contribution is 0.267. The third kappa shape index (κ3) is 7.54. The highest BCUT2D eigenvalue weighted by molar-refractivity contribution is 4.74. The molecule has 0 spiro atoms. The van der Waals surface area contributed by atoms with E-state index < -0.39 is 0 Å². The molecule has 0 atom stereocenters. The smallest absolute Gasteiger partial charge is 0.0845 e. The van der Waals surface area contributed by atoms with Crippen molar-refractivity contribution in [3.8, 4) is 0 Å². The topological polar surface area (TPSA) is 9.23 Å². The molecular formula is C8H16O. The molecule has 0 unspecified atom stereocenters. The zero-order valence-corrected chi connectivity index (χ0v) is 6.55. The monoisotopic (exact) mass is 128 g/mol. The first-order chi connectivity index (χ1) is 4.27. The van der Waals surface area contributed by atoms with Gasteiger partial charge < -0.3 is 4.74 Å². The predicted molar refractivity (Wildman–Crippen MR) is 40.2 cm³/mol. The summed E-state index contributed by atoms with van der Waals surface area (Å²) < 4.78 is 5.00. The molecule has 0 aromatic heterocycles. The number of hydrogen-bond donors (Lipinski definition) is 0. The predicted octanol–water partition coefficient (Wildman–Crippen LogP) is 2.58. The lowest BCUT2D eigenvalue weighted by Crippen LogP contribution is -1.82. The highest BCUT2D eigenvalue weighted by Crippen LogP contribution is 1.99. The van der Waals surface area contributed by atoms with Gasteiger partial charge in [-0.2, -0.15) is 0 Å². The Morgan fingerprint density at radius 1 is 1.44 bits per heavy atom. The first-order valence-electron chi connectivity index (χ1n) is 3.54. The van der Waals surface area contributed by atoms with E-state index in [0.717, 1.165) is 18.9 Å². The SMILES string of the molecule is CCO/C=C\CC(C)C. The highest BCUT2D eigenvalue weighted by atomic mass is 16.5. The fourth-order valence-electron chi connectivity index (χ4n) is 0.492. The number of rotatable bonds is 4. The molecule has 0 rings (SSSR count). The van der Waals surface area contributed by atoms with Gasteiger partial charge >= 0.3 is 0 Å². The molecule has 0 amide bonds. The minimum Gasteiger partial charge on any atom is -0.502 e. The van der Waals surface area contributed by atoms with Crippen LogP contribution < -0.4 is 0 Å². The highest BCUT2D eigenvalue weighted by Gasteiger charge is 1.85. The van der Waals surface area contributed by atoms with Crippen LogP contribution >= 0.6 is 0 Å². The molecule has 9 heavy (non-hydrogen) atoms. The summed E-state index contributed by atoms with van der Waals surface area (Å²) in [6.07, 6.45) is 4.95. The maximum absolute atomic E-state index is 5.00. The Bertz CT molecular complexity index is 74.6. The van der Waals surface area contributed by atoms with E-state index in [0.29, 0.717) is 0 Å². The second-order valence-corrected chi connectivity index (χ2v) is 2.46. The van der Waals surface area contributed by atoms with Crippen LogP contribution in [0, 0.1) is 5.92 Å². The van der Waals surface area contributed by atoms with Crippen molar-refractivity contribution in [2.45, 2.75) is 27.2 Å². The van der Waals surface area contributed by atoms with Gasteiger partial charge in [0.15, 0.2) is 0 Å². The summed E-state index contributed by atoms with van der Waals surface area (Å²) in [6.45, 7) is 7.14. The molecule has 0 saturated heterocycles. The van der Waals surface area contributed by atoms with Gasteiger partial charge in [0, 0.05) is 0 Å². The Kier molecular flexibility index (Phi) is 5.38.